The second-order valence-electron chi connectivity index (χ2n) is 4.16. The van der Waals surface area contributed by atoms with E-state index in [1.165, 1.54) is 0 Å². The van der Waals surface area contributed by atoms with Gasteiger partial charge in [0.2, 0.25) is 11.7 Å². The Morgan fingerprint density at radius 3 is 2.29 bits per heavy atom. The molecule has 0 heterocycles. The van der Waals surface area contributed by atoms with E-state index < -0.39 is 17.7 Å². The Labute approximate surface area is 101 Å². The largest absolute Gasteiger partial charge is 0.352 e. The van der Waals surface area contributed by atoms with Gasteiger partial charge in [0.15, 0.2) is 0 Å². The van der Waals surface area contributed by atoms with Crippen molar-refractivity contribution in [2.24, 2.45) is 5.73 Å². The van der Waals surface area contributed by atoms with Gasteiger partial charge in [0.05, 0.1) is 12.6 Å². The van der Waals surface area contributed by atoms with Crippen LogP contribution in [0.1, 0.15) is 33.6 Å². The molecule has 0 saturated carbocycles. The van der Waals surface area contributed by atoms with E-state index >= 15 is 0 Å². The van der Waals surface area contributed by atoms with Crippen molar-refractivity contribution in [2.45, 2.75) is 45.7 Å². The molecule has 6 heteroatoms. The molecule has 1 unspecified atom stereocenters. The van der Waals surface area contributed by atoms with Crippen molar-refractivity contribution in [3.05, 3.63) is 0 Å². The third-order valence-corrected chi connectivity index (χ3v) is 2.02. The van der Waals surface area contributed by atoms with Crippen LogP contribution in [0.5, 0.6) is 0 Å². The molecular weight excluding hydrogens is 222 g/mol. The van der Waals surface area contributed by atoms with Crippen molar-refractivity contribution in [1.29, 1.82) is 0 Å². The van der Waals surface area contributed by atoms with Gasteiger partial charge in [-0.2, -0.15) is 0 Å². The molecule has 0 aliphatic carbocycles. The first-order valence-electron chi connectivity index (χ1n) is 5.75. The molecule has 0 aromatic carbocycles. The molecule has 4 N–H and O–H groups in total. The van der Waals surface area contributed by atoms with Crippen LogP contribution < -0.4 is 16.4 Å². The van der Waals surface area contributed by atoms with E-state index in [0.717, 1.165) is 6.42 Å². The van der Waals surface area contributed by atoms with Crippen molar-refractivity contribution in [2.75, 3.05) is 6.54 Å². The third-order valence-electron chi connectivity index (χ3n) is 2.02. The Morgan fingerprint density at radius 2 is 1.82 bits per heavy atom. The lowest BCUT2D eigenvalue weighted by Gasteiger charge is -2.11. The van der Waals surface area contributed by atoms with Crippen LogP contribution in [0.2, 0.25) is 0 Å². The number of carbonyl (C=O) groups is 3. The smallest absolute Gasteiger partial charge is 0.289 e. The molecule has 0 radical (unpaired) electrons. The summed E-state index contributed by atoms with van der Waals surface area (Å²) in [5.41, 5.74) is 5.50. The molecule has 0 aliphatic rings. The molecule has 0 aromatic rings. The predicted molar refractivity (Wildman–Crippen MR) is 64.2 cm³/mol. The molecule has 0 spiro atoms. The lowest BCUT2D eigenvalue weighted by atomic mass is 10.1. The van der Waals surface area contributed by atoms with Crippen LogP contribution in [0.25, 0.3) is 0 Å². The minimum absolute atomic E-state index is 0.00236. The summed E-state index contributed by atoms with van der Waals surface area (Å²) in [7, 11) is 0. The van der Waals surface area contributed by atoms with Gasteiger partial charge in [0.25, 0.3) is 5.91 Å². The molecule has 0 fully saturated rings. The number of hydrogen-bond acceptors (Lipinski definition) is 4. The first kappa shape index (κ1) is 15.6. The Kier molecular flexibility index (Phi) is 7.13. The van der Waals surface area contributed by atoms with Crippen molar-refractivity contribution >= 4 is 17.6 Å². The van der Waals surface area contributed by atoms with E-state index in [4.69, 9.17) is 5.73 Å². The van der Waals surface area contributed by atoms with Crippen LogP contribution >= 0.6 is 0 Å². The molecule has 1 atom stereocenters. The van der Waals surface area contributed by atoms with Gasteiger partial charge < -0.3 is 16.4 Å². The van der Waals surface area contributed by atoms with E-state index in [-0.39, 0.29) is 18.5 Å². The van der Waals surface area contributed by atoms with Gasteiger partial charge in [0.1, 0.15) is 0 Å². The van der Waals surface area contributed by atoms with Gasteiger partial charge in [0, 0.05) is 6.04 Å². The number of amides is 2. The fourth-order valence-corrected chi connectivity index (χ4v) is 1.23. The van der Waals surface area contributed by atoms with Crippen molar-refractivity contribution in [3.8, 4) is 0 Å². The topological polar surface area (TPSA) is 101 Å². The highest BCUT2D eigenvalue weighted by Crippen LogP contribution is 1.94. The van der Waals surface area contributed by atoms with Gasteiger partial charge in [-0.05, 0) is 20.3 Å². The van der Waals surface area contributed by atoms with Crippen LogP contribution in [0.4, 0.5) is 0 Å². The fraction of sp³-hybridized carbons (Fsp3) is 0.727. The highest BCUT2D eigenvalue weighted by atomic mass is 16.2. The zero-order valence-corrected chi connectivity index (χ0v) is 10.6. The quantitative estimate of drug-likeness (QED) is 0.516. The predicted octanol–water partition coefficient (Wildman–Crippen LogP) is -0.676. The Bertz CT molecular complexity index is 290. The maximum absolute atomic E-state index is 11.4. The molecule has 0 aliphatic heterocycles. The standard InChI is InChI=1S/C11H21N3O3/c1-4-5-8(12)10(16)11(17)13-6-9(15)14-7(2)3/h7-8H,4-6,12H2,1-3H3,(H,13,17)(H,14,15). The molecule has 0 saturated heterocycles. The Hall–Kier alpha value is -1.43. The van der Waals surface area contributed by atoms with E-state index in [2.05, 4.69) is 10.6 Å². The molecule has 0 bridgehead atoms. The van der Waals surface area contributed by atoms with Crippen LogP contribution in [0, 0.1) is 0 Å². The SMILES string of the molecule is CCCC(N)C(=O)C(=O)NCC(=O)NC(C)C. The minimum atomic E-state index is -0.801. The lowest BCUT2D eigenvalue weighted by Crippen LogP contribution is -2.46. The number of Topliss-reactive ketones (excluding diaryl/α,β-unsaturated/α-hetero) is 1. The summed E-state index contributed by atoms with van der Waals surface area (Å²) in [6, 6.07) is -0.786. The van der Waals surface area contributed by atoms with Gasteiger partial charge >= 0.3 is 0 Å². The Morgan fingerprint density at radius 1 is 1.24 bits per heavy atom. The molecule has 0 rings (SSSR count). The second-order valence-corrected chi connectivity index (χ2v) is 4.16. The summed E-state index contributed by atoms with van der Waals surface area (Å²) in [5.74, 6) is -1.81. The number of nitrogens with two attached hydrogens (primary N) is 1. The summed E-state index contributed by atoms with van der Waals surface area (Å²) in [6.45, 7) is 5.28. The fourth-order valence-electron chi connectivity index (χ4n) is 1.23. The van der Waals surface area contributed by atoms with E-state index in [9.17, 15) is 14.4 Å². The molecule has 0 aromatic heterocycles. The number of nitrogens with one attached hydrogen (secondary N) is 2. The lowest BCUT2D eigenvalue weighted by molar-refractivity contribution is -0.139. The summed E-state index contributed by atoms with van der Waals surface area (Å²) in [5, 5.41) is 4.84. The minimum Gasteiger partial charge on any atom is -0.352 e. The average molecular weight is 243 g/mol. The maximum atomic E-state index is 11.4. The van der Waals surface area contributed by atoms with Gasteiger partial charge in [-0.25, -0.2) is 0 Å². The van der Waals surface area contributed by atoms with Crippen molar-refractivity contribution in [1.82, 2.24) is 10.6 Å². The van der Waals surface area contributed by atoms with E-state index in [1.807, 2.05) is 20.8 Å². The molecule has 6 nitrogen and oxygen atoms in total. The first-order chi connectivity index (χ1) is 7.88. The van der Waals surface area contributed by atoms with Crippen LogP contribution in [0.3, 0.4) is 0 Å². The summed E-state index contributed by atoms with van der Waals surface area (Å²) >= 11 is 0. The van der Waals surface area contributed by atoms with E-state index in [1.54, 1.807) is 0 Å². The number of rotatable bonds is 7. The number of hydrogen-bond donors (Lipinski definition) is 3. The molecule has 2 amide bonds. The number of ketones is 1. The highest BCUT2D eigenvalue weighted by Gasteiger charge is 2.21. The zero-order valence-electron chi connectivity index (χ0n) is 10.6. The normalized spacial score (nSPS) is 12.1. The molecule has 98 valence electrons. The monoisotopic (exact) mass is 243 g/mol. The number of carbonyl (C=O) groups excluding carboxylic acids is 3. The first-order valence-corrected chi connectivity index (χ1v) is 5.75. The Balaban J connectivity index is 4.01. The summed E-state index contributed by atoms with van der Waals surface area (Å²) in [6.07, 6.45) is 1.19. The van der Waals surface area contributed by atoms with Crippen LogP contribution in [-0.2, 0) is 14.4 Å². The zero-order chi connectivity index (χ0) is 13.4. The molecular formula is C11H21N3O3. The van der Waals surface area contributed by atoms with Gasteiger partial charge in [-0.3, -0.25) is 14.4 Å². The van der Waals surface area contributed by atoms with Gasteiger partial charge in [-0.1, -0.05) is 13.3 Å². The highest BCUT2D eigenvalue weighted by molar-refractivity contribution is 6.38. The van der Waals surface area contributed by atoms with Crippen molar-refractivity contribution in [3.63, 3.8) is 0 Å². The third kappa shape index (κ3) is 6.68. The average Bonchev–Trinajstić information content (AvgIpc) is 2.24. The maximum Gasteiger partial charge on any atom is 0.289 e. The van der Waals surface area contributed by atoms with Gasteiger partial charge in [-0.15, -0.1) is 0 Å². The summed E-state index contributed by atoms with van der Waals surface area (Å²) in [4.78, 5) is 33.9. The van der Waals surface area contributed by atoms with Crippen molar-refractivity contribution < 1.29 is 14.4 Å². The second kappa shape index (κ2) is 7.78. The van der Waals surface area contributed by atoms with Crippen LogP contribution in [0.15, 0.2) is 0 Å². The summed E-state index contributed by atoms with van der Waals surface area (Å²) < 4.78 is 0. The van der Waals surface area contributed by atoms with Crippen LogP contribution in [-0.4, -0.2) is 36.2 Å². The van der Waals surface area contributed by atoms with E-state index in [0.29, 0.717) is 6.42 Å². The molecule has 17 heavy (non-hydrogen) atoms.